The van der Waals surface area contributed by atoms with E-state index in [1.807, 2.05) is 16.7 Å². The van der Waals surface area contributed by atoms with Crippen LogP contribution in [0.25, 0.3) is 10.9 Å². The van der Waals surface area contributed by atoms with Gasteiger partial charge in [-0.1, -0.05) is 18.2 Å². The van der Waals surface area contributed by atoms with Crippen LogP contribution >= 0.6 is 0 Å². The highest BCUT2D eigenvalue weighted by molar-refractivity contribution is 6.07. The normalized spacial score (nSPS) is 10.7. The largest absolute Gasteiger partial charge is 0.355 e. The van der Waals surface area contributed by atoms with Crippen LogP contribution < -0.4 is 10.6 Å². The van der Waals surface area contributed by atoms with Crippen molar-refractivity contribution in [3.8, 4) is 0 Å². The lowest BCUT2D eigenvalue weighted by atomic mass is 10.1. The second-order valence-electron chi connectivity index (χ2n) is 5.66. The highest BCUT2D eigenvalue weighted by atomic mass is 19.1. The molecule has 2 aromatic carbocycles. The molecule has 1 aromatic heterocycles. The number of benzene rings is 2. The second kappa shape index (κ2) is 6.76. The number of amides is 2. The van der Waals surface area contributed by atoms with Crippen molar-refractivity contribution in [1.29, 1.82) is 0 Å². The molecule has 3 rings (SSSR count). The highest BCUT2D eigenvalue weighted by Crippen LogP contribution is 2.25. The number of fused-ring (bicyclic) bond motifs is 1. The summed E-state index contributed by atoms with van der Waals surface area (Å²) in [6.07, 6.45) is 1.65. The van der Waals surface area contributed by atoms with Crippen LogP contribution in [-0.4, -0.2) is 30.5 Å². The summed E-state index contributed by atoms with van der Waals surface area (Å²) in [5, 5.41) is 5.42. The molecule has 0 spiro atoms. The van der Waals surface area contributed by atoms with Crippen molar-refractivity contribution in [2.75, 3.05) is 14.1 Å². The third-order valence-electron chi connectivity index (χ3n) is 4.12. The van der Waals surface area contributed by atoms with Gasteiger partial charge in [0.2, 0.25) is 0 Å². The quantitative estimate of drug-likeness (QED) is 0.767. The minimum atomic E-state index is -0.426. The summed E-state index contributed by atoms with van der Waals surface area (Å²) in [4.78, 5) is 23.7. The van der Waals surface area contributed by atoms with Gasteiger partial charge in [-0.15, -0.1) is 0 Å². The van der Waals surface area contributed by atoms with E-state index < -0.39 is 5.82 Å². The summed E-state index contributed by atoms with van der Waals surface area (Å²) in [6.45, 7) is 0.463. The summed E-state index contributed by atoms with van der Waals surface area (Å²) in [7, 11) is 3.10. The van der Waals surface area contributed by atoms with E-state index in [1.54, 1.807) is 37.5 Å². The zero-order valence-electron chi connectivity index (χ0n) is 14.0. The topological polar surface area (TPSA) is 63.1 Å². The molecule has 0 atom stereocenters. The summed E-state index contributed by atoms with van der Waals surface area (Å²) >= 11 is 0. The van der Waals surface area contributed by atoms with Gasteiger partial charge in [0.1, 0.15) is 5.82 Å². The first-order valence-corrected chi connectivity index (χ1v) is 7.85. The van der Waals surface area contributed by atoms with E-state index in [-0.39, 0.29) is 11.8 Å². The monoisotopic (exact) mass is 339 g/mol. The van der Waals surface area contributed by atoms with E-state index in [9.17, 15) is 14.0 Å². The van der Waals surface area contributed by atoms with Crippen molar-refractivity contribution in [3.63, 3.8) is 0 Å². The number of carbonyl (C=O) groups excluding carboxylic acids is 2. The zero-order chi connectivity index (χ0) is 18.0. The molecule has 0 aliphatic heterocycles. The smallest absolute Gasteiger partial charge is 0.253 e. The maximum Gasteiger partial charge on any atom is 0.253 e. The molecular formula is C19H18FN3O2. The number of nitrogens with one attached hydrogen (secondary N) is 2. The fraction of sp³-hybridized carbons (Fsp3) is 0.158. The van der Waals surface area contributed by atoms with E-state index in [1.165, 1.54) is 13.1 Å². The van der Waals surface area contributed by atoms with Crippen LogP contribution in [0, 0.1) is 5.82 Å². The van der Waals surface area contributed by atoms with Crippen LogP contribution in [0.1, 0.15) is 26.3 Å². The van der Waals surface area contributed by atoms with Crippen molar-refractivity contribution in [3.05, 3.63) is 71.2 Å². The maximum atomic E-state index is 14.2. The van der Waals surface area contributed by atoms with Crippen molar-refractivity contribution in [1.82, 2.24) is 15.2 Å². The van der Waals surface area contributed by atoms with Crippen LogP contribution in [0.2, 0.25) is 0 Å². The van der Waals surface area contributed by atoms with Gasteiger partial charge >= 0.3 is 0 Å². The van der Waals surface area contributed by atoms with Crippen molar-refractivity contribution >= 4 is 22.7 Å². The minimum Gasteiger partial charge on any atom is -0.355 e. The van der Waals surface area contributed by atoms with Gasteiger partial charge in [0.15, 0.2) is 0 Å². The van der Waals surface area contributed by atoms with Gasteiger partial charge in [0, 0.05) is 37.8 Å². The Balaban J connectivity index is 2.00. The molecule has 3 aromatic rings. The predicted molar refractivity (Wildman–Crippen MR) is 94.2 cm³/mol. The van der Waals surface area contributed by atoms with Crippen LogP contribution in [0.5, 0.6) is 0 Å². The Labute approximate surface area is 144 Å². The molecule has 5 nitrogen and oxygen atoms in total. The fourth-order valence-corrected chi connectivity index (χ4v) is 2.85. The summed E-state index contributed by atoms with van der Waals surface area (Å²) in [5.41, 5.74) is 2.46. The molecule has 0 radical (unpaired) electrons. The zero-order valence-corrected chi connectivity index (χ0v) is 14.0. The molecule has 0 bridgehead atoms. The molecule has 0 fully saturated rings. The highest BCUT2D eigenvalue weighted by Gasteiger charge is 2.17. The van der Waals surface area contributed by atoms with Gasteiger partial charge in [-0.3, -0.25) is 9.59 Å². The number of hydrogen-bond acceptors (Lipinski definition) is 2. The van der Waals surface area contributed by atoms with Crippen molar-refractivity contribution in [2.45, 2.75) is 6.54 Å². The maximum absolute atomic E-state index is 14.2. The molecule has 0 aliphatic rings. The van der Waals surface area contributed by atoms with E-state index >= 15 is 0 Å². The van der Waals surface area contributed by atoms with E-state index in [0.29, 0.717) is 28.6 Å². The van der Waals surface area contributed by atoms with Crippen LogP contribution in [0.3, 0.4) is 0 Å². The SMILES string of the molecule is CNC(=O)c1ccc(Cn2cc(C(=O)NC)c3c(F)cccc32)cc1. The van der Waals surface area contributed by atoms with Gasteiger partial charge in [-0.25, -0.2) is 4.39 Å². The number of hydrogen-bond donors (Lipinski definition) is 2. The lowest BCUT2D eigenvalue weighted by molar-refractivity contribution is 0.0955. The molecule has 0 saturated carbocycles. The Kier molecular flexibility index (Phi) is 4.52. The Morgan fingerprint density at radius 1 is 1.00 bits per heavy atom. The minimum absolute atomic E-state index is 0.151. The van der Waals surface area contributed by atoms with Gasteiger partial charge in [0.05, 0.1) is 11.1 Å². The molecule has 0 saturated heterocycles. The van der Waals surface area contributed by atoms with E-state index in [2.05, 4.69) is 10.6 Å². The van der Waals surface area contributed by atoms with Gasteiger partial charge < -0.3 is 15.2 Å². The number of carbonyl (C=O) groups is 2. The molecule has 0 aliphatic carbocycles. The second-order valence-corrected chi connectivity index (χ2v) is 5.66. The molecular weight excluding hydrogens is 321 g/mol. The number of halogens is 1. The van der Waals surface area contributed by atoms with Crippen LogP contribution in [-0.2, 0) is 6.54 Å². The summed E-state index contributed by atoms with van der Waals surface area (Å²) < 4.78 is 16.1. The van der Waals surface area contributed by atoms with Crippen LogP contribution in [0.15, 0.2) is 48.7 Å². The average Bonchev–Trinajstić information content (AvgIpc) is 3.01. The first kappa shape index (κ1) is 16.7. The molecule has 25 heavy (non-hydrogen) atoms. The molecule has 1 heterocycles. The molecule has 128 valence electrons. The van der Waals surface area contributed by atoms with Crippen LogP contribution in [0.4, 0.5) is 4.39 Å². The number of nitrogens with zero attached hydrogens (tertiary/aromatic N) is 1. The van der Waals surface area contributed by atoms with Gasteiger partial charge in [-0.05, 0) is 29.8 Å². The Bertz CT molecular complexity index is 945. The molecule has 0 unspecified atom stereocenters. The first-order valence-electron chi connectivity index (χ1n) is 7.85. The molecule has 2 amide bonds. The van der Waals surface area contributed by atoms with Gasteiger partial charge in [-0.2, -0.15) is 0 Å². The Morgan fingerprint density at radius 2 is 1.68 bits per heavy atom. The lowest BCUT2D eigenvalue weighted by Crippen LogP contribution is -2.17. The molecule has 2 N–H and O–H groups in total. The van der Waals surface area contributed by atoms with Crippen molar-refractivity contribution in [2.24, 2.45) is 0 Å². The molecule has 6 heteroatoms. The fourth-order valence-electron chi connectivity index (χ4n) is 2.85. The Hall–Kier alpha value is -3.15. The summed E-state index contributed by atoms with van der Waals surface area (Å²) in [5.74, 6) is -0.907. The number of aromatic nitrogens is 1. The first-order chi connectivity index (χ1) is 12.0. The third-order valence-corrected chi connectivity index (χ3v) is 4.12. The lowest BCUT2D eigenvalue weighted by Gasteiger charge is -2.07. The third kappa shape index (κ3) is 3.10. The Morgan fingerprint density at radius 3 is 2.32 bits per heavy atom. The van der Waals surface area contributed by atoms with Crippen molar-refractivity contribution < 1.29 is 14.0 Å². The van der Waals surface area contributed by atoms with E-state index in [0.717, 1.165) is 5.56 Å². The predicted octanol–water partition coefficient (Wildman–Crippen LogP) is 2.55. The average molecular weight is 339 g/mol. The number of rotatable bonds is 4. The standard InChI is InChI=1S/C19H18FN3O2/c1-21-18(24)13-8-6-12(7-9-13)10-23-11-14(19(25)22-2)17-15(20)4-3-5-16(17)23/h3-9,11H,10H2,1-2H3,(H,21,24)(H,22,25). The summed E-state index contributed by atoms with van der Waals surface area (Å²) in [6, 6.07) is 11.9. The van der Waals surface area contributed by atoms with Gasteiger partial charge in [0.25, 0.3) is 11.8 Å². The van der Waals surface area contributed by atoms with E-state index in [4.69, 9.17) is 0 Å².